The molecule has 0 aliphatic carbocycles. The van der Waals surface area contributed by atoms with Crippen molar-refractivity contribution in [2.24, 2.45) is 0 Å². The van der Waals surface area contributed by atoms with E-state index in [1.165, 1.54) is 34.7 Å². The van der Waals surface area contributed by atoms with Crippen molar-refractivity contribution in [3.63, 3.8) is 0 Å². The third-order valence-electron chi connectivity index (χ3n) is 5.63. The lowest BCUT2D eigenvalue weighted by molar-refractivity contribution is -0.886. The van der Waals surface area contributed by atoms with Crippen LogP contribution in [0, 0.1) is 6.92 Å². The molecule has 1 unspecified atom stereocenters. The number of piperidine rings is 1. The number of hydrogen-bond donors (Lipinski definition) is 1. The first-order chi connectivity index (χ1) is 13.2. The standard InChI is InChI=1S/C21H21F3N2O2/c1-13-3-8-18-16(11-13)17-12-25(2)10-9-19(17)26(18)20(27)14-4-6-15(7-5-14)28-21(22,23)24/h3-8,11,17,19H,9-10,12H2,1-2H3/p+1/t17-,19+/m1/s1. The van der Waals surface area contributed by atoms with Crippen LogP contribution in [0.1, 0.15) is 33.8 Å². The van der Waals surface area contributed by atoms with Gasteiger partial charge in [0.2, 0.25) is 0 Å². The third-order valence-corrected chi connectivity index (χ3v) is 5.63. The number of benzene rings is 2. The maximum absolute atomic E-state index is 13.3. The Hall–Kier alpha value is -2.54. The summed E-state index contributed by atoms with van der Waals surface area (Å²) in [4.78, 5) is 16.6. The number of ether oxygens (including phenoxy) is 1. The summed E-state index contributed by atoms with van der Waals surface area (Å²) in [6, 6.07) is 11.4. The first kappa shape index (κ1) is 18.8. The van der Waals surface area contributed by atoms with Crippen LogP contribution in [-0.4, -0.2) is 38.4 Å². The van der Waals surface area contributed by atoms with E-state index in [9.17, 15) is 18.0 Å². The molecule has 2 heterocycles. The number of nitrogens with one attached hydrogen (secondary N) is 1. The van der Waals surface area contributed by atoms with Gasteiger partial charge in [-0.05, 0) is 42.8 Å². The molecule has 1 fully saturated rings. The van der Waals surface area contributed by atoms with E-state index in [0.717, 1.165) is 30.8 Å². The number of quaternary nitrogens is 1. The molecule has 4 nitrogen and oxygen atoms in total. The van der Waals surface area contributed by atoms with Crippen molar-refractivity contribution in [1.82, 2.24) is 0 Å². The van der Waals surface area contributed by atoms with Crippen molar-refractivity contribution in [2.75, 3.05) is 25.0 Å². The molecular weight excluding hydrogens is 369 g/mol. The number of halogens is 3. The molecule has 1 N–H and O–H groups in total. The van der Waals surface area contributed by atoms with Crippen LogP contribution >= 0.6 is 0 Å². The first-order valence-electron chi connectivity index (χ1n) is 9.34. The Bertz CT molecular complexity index is 896. The number of carbonyl (C=O) groups excluding carboxylic acids is 1. The normalized spacial score (nSPS) is 23.9. The fraction of sp³-hybridized carbons (Fsp3) is 0.381. The monoisotopic (exact) mass is 391 g/mol. The number of alkyl halides is 3. The van der Waals surface area contributed by atoms with Gasteiger partial charge < -0.3 is 14.5 Å². The lowest BCUT2D eigenvalue weighted by Gasteiger charge is -2.34. The third kappa shape index (κ3) is 3.46. The van der Waals surface area contributed by atoms with Gasteiger partial charge >= 0.3 is 6.36 Å². The van der Waals surface area contributed by atoms with Crippen LogP contribution in [0.4, 0.5) is 18.9 Å². The summed E-state index contributed by atoms with van der Waals surface area (Å²) in [6.07, 6.45) is -3.85. The molecule has 2 aromatic carbocycles. The number of hydrogen-bond acceptors (Lipinski definition) is 2. The summed E-state index contributed by atoms with van der Waals surface area (Å²) < 4.78 is 41.0. The number of likely N-dealkylation sites (tertiary alicyclic amines) is 1. The van der Waals surface area contributed by atoms with Gasteiger partial charge in [-0.2, -0.15) is 0 Å². The summed E-state index contributed by atoms with van der Waals surface area (Å²) in [5, 5.41) is 0. The molecule has 3 atom stereocenters. The highest BCUT2D eigenvalue weighted by Gasteiger charge is 2.45. The van der Waals surface area contributed by atoms with Crippen LogP contribution in [0.25, 0.3) is 0 Å². The Morgan fingerprint density at radius 3 is 2.57 bits per heavy atom. The number of carbonyl (C=O) groups is 1. The highest BCUT2D eigenvalue weighted by Crippen LogP contribution is 2.43. The summed E-state index contributed by atoms with van der Waals surface area (Å²) in [6.45, 7) is 3.98. The van der Waals surface area contributed by atoms with Gasteiger partial charge in [0.25, 0.3) is 5.91 Å². The molecule has 0 saturated carbocycles. The lowest BCUT2D eigenvalue weighted by atomic mass is 9.88. The Kier molecular flexibility index (Phi) is 4.57. The molecule has 0 aromatic heterocycles. The molecule has 0 bridgehead atoms. The van der Waals surface area contributed by atoms with E-state index in [4.69, 9.17) is 0 Å². The summed E-state index contributed by atoms with van der Waals surface area (Å²) >= 11 is 0. The minimum atomic E-state index is -4.75. The summed E-state index contributed by atoms with van der Waals surface area (Å²) in [7, 11) is 2.16. The second-order valence-corrected chi connectivity index (χ2v) is 7.68. The number of fused-ring (bicyclic) bond motifs is 3. The second-order valence-electron chi connectivity index (χ2n) is 7.68. The maximum atomic E-state index is 13.3. The lowest BCUT2D eigenvalue weighted by Crippen LogP contribution is -3.11. The van der Waals surface area contributed by atoms with Crippen molar-refractivity contribution in [3.8, 4) is 5.75 Å². The van der Waals surface area contributed by atoms with Crippen molar-refractivity contribution >= 4 is 11.6 Å². The second kappa shape index (κ2) is 6.81. The summed E-state index contributed by atoms with van der Waals surface area (Å²) in [5.74, 6) is -0.238. The van der Waals surface area contributed by atoms with Crippen LogP contribution in [0.5, 0.6) is 5.75 Å². The molecular formula is C21H22F3N2O2+. The van der Waals surface area contributed by atoms with Crippen LogP contribution in [0.2, 0.25) is 0 Å². The van der Waals surface area contributed by atoms with Gasteiger partial charge in [-0.15, -0.1) is 13.2 Å². The number of amides is 1. The maximum Gasteiger partial charge on any atom is 0.573 e. The molecule has 148 valence electrons. The SMILES string of the molecule is Cc1ccc2c(c1)[C@H]1C[NH+](C)CC[C@@H]1N2C(=O)c1ccc(OC(F)(F)F)cc1. The van der Waals surface area contributed by atoms with E-state index >= 15 is 0 Å². The fourth-order valence-electron chi connectivity index (χ4n) is 4.40. The van der Waals surface area contributed by atoms with Crippen LogP contribution in [0.15, 0.2) is 42.5 Å². The Labute approximate surface area is 161 Å². The molecule has 0 radical (unpaired) electrons. The van der Waals surface area contributed by atoms with E-state index in [1.807, 2.05) is 24.0 Å². The van der Waals surface area contributed by atoms with Crippen molar-refractivity contribution in [1.29, 1.82) is 0 Å². The van der Waals surface area contributed by atoms with E-state index in [2.05, 4.69) is 17.9 Å². The quantitative estimate of drug-likeness (QED) is 0.854. The predicted octanol–water partition coefficient (Wildman–Crippen LogP) is 2.92. The van der Waals surface area contributed by atoms with E-state index in [-0.39, 0.29) is 23.6 Å². The first-order valence-corrected chi connectivity index (χ1v) is 9.34. The highest BCUT2D eigenvalue weighted by molar-refractivity contribution is 6.08. The number of nitrogens with zero attached hydrogens (tertiary/aromatic N) is 1. The molecule has 2 aliphatic heterocycles. The molecule has 28 heavy (non-hydrogen) atoms. The van der Waals surface area contributed by atoms with Gasteiger partial charge in [-0.3, -0.25) is 4.79 Å². The number of rotatable bonds is 2. The van der Waals surface area contributed by atoms with Gasteiger partial charge in [0, 0.05) is 17.7 Å². The topological polar surface area (TPSA) is 34.0 Å². The van der Waals surface area contributed by atoms with Crippen molar-refractivity contribution < 1.29 is 27.6 Å². The summed E-state index contributed by atoms with van der Waals surface area (Å²) in [5.41, 5.74) is 3.61. The van der Waals surface area contributed by atoms with E-state index in [1.54, 1.807) is 0 Å². The van der Waals surface area contributed by atoms with E-state index < -0.39 is 6.36 Å². The largest absolute Gasteiger partial charge is 0.573 e. The Morgan fingerprint density at radius 1 is 1.18 bits per heavy atom. The zero-order chi connectivity index (χ0) is 20.1. The molecule has 2 aromatic rings. The molecule has 2 aliphatic rings. The minimum Gasteiger partial charge on any atom is -0.406 e. The fourth-order valence-corrected chi connectivity index (χ4v) is 4.40. The van der Waals surface area contributed by atoms with Gasteiger partial charge in [-0.25, -0.2) is 0 Å². The molecule has 4 rings (SSSR count). The van der Waals surface area contributed by atoms with E-state index in [0.29, 0.717) is 5.56 Å². The smallest absolute Gasteiger partial charge is 0.406 e. The van der Waals surface area contributed by atoms with Crippen LogP contribution in [0.3, 0.4) is 0 Å². The highest BCUT2D eigenvalue weighted by atomic mass is 19.4. The Balaban J connectivity index is 1.65. The van der Waals surface area contributed by atoms with Crippen molar-refractivity contribution in [3.05, 3.63) is 59.2 Å². The van der Waals surface area contributed by atoms with Gasteiger partial charge in [0.15, 0.2) is 0 Å². The van der Waals surface area contributed by atoms with Crippen molar-refractivity contribution in [2.45, 2.75) is 31.7 Å². The van der Waals surface area contributed by atoms with Gasteiger partial charge in [-0.1, -0.05) is 17.7 Å². The number of likely N-dealkylation sites (N-methyl/N-ethyl adjacent to an activating group) is 1. The number of anilines is 1. The average molecular weight is 391 g/mol. The molecule has 1 saturated heterocycles. The Morgan fingerprint density at radius 2 is 1.89 bits per heavy atom. The van der Waals surface area contributed by atoms with Gasteiger partial charge in [0.1, 0.15) is 5.75 Å². The van der Waals surface area contributed by atoms with Gasteiger partial charge in [0.05, 0.1) is 32.1 Å². The van der Waals surface area contributed by atoms with Crippen LogP contribution in [-0.2, 0) is 0 Å². The minimum absolute atomic E-state index is 0.0825. The molecule has 7 heteroatoms. The molecule has 0 spiro atoms. The zero-order valence-corrected chi connectivity index (χ0v) is 15.7. The predicted molar refractivity (Wildman–Crippen MR) is 98.9 cm³/mol. The zero-order valence-electron chi connectivity index (χ0n) is 15.7. The molecule has 1 amide bonds. The van der Waals surface area contributed by atoms with Crippen LogP contribution < -0.4 is 14.5 Å². The number of aryl methyl sites for hydroxylation is 1. The average Bonchev–Trinajstić information content (AvgIpc) is 2.93.